The number of hydrogen-bond acceptors (Lipinski definition) is 3. The topological polar surface area (TPSA) is 91.4 Å². The van der Waals surface area contributed by atoms with Crippen LogP contribution in [0.15, 0.2) is 24.3 Å². The molecular weight excluding hydrogens is 341 g/mol. The highest BCUT2D eigenvalue weighted by atomic mass is 19.4. The molecule has 9 heteroatoms. The second-order valence-corrected chi connectivity index (χ2v) is 5.94. The molecule has 1 aromatic carbocycles. The highest BCUT2D eigenvalue weighted by molar-refractivity contribution is 5.98. The molecule has 0 saturated heterocycles. The highest BCUT2D eigenvalue weighted by Gasteiger charge is 2.34. The first-order valence-electron chi connectivity index (χ1n) is 7.65. The molecule has 0 radical (unpaired) electrons. The number of carbonyl (C=O) groups is 2. The standard InChI is InChI=1S/C16H15F3N2O4/c17-16(18,19)25-9-5-4-8-6-13(20-12(8)7-9)14(22)21-11-3-1-2-10(11)15(23)24/h4-7,10-11,20H,1-3H2,(H,21,22)(H,23,24)/t10-,11+/m1/s1. The average molecular weight is 356 g/mol. The molecule has 6 nitrogen and oxygen atoms in total. The van der Waals surface area contributed by atoms with E-state index in [1.807, 2.05) is 0 Å². The quantitative estimate of drug-likeness (QED) is 0.785. The Morgan fingerprint density at radius 1 is 1.24 bits per heavy atom. The number of aromatic amines is 1. The highest BCUT2D eigenvalue weighted by Crippen LogP contribution is 2.28. The van der Waals surface area contributed by atoms with Crippen molar-refractivity contribution in [1.82, 2.24) is 10.3 Å². The number of benzene rings is 1. The fourth-order valence-corrected chi connectivity index (χ4v) is 3.10. The van der Waals surface area contributed by atoms with Crippen molar-refractivity contribution in [3.05, 3.63) is 30.0 Å². The van der Waals surface area contributed by atoms with Crippen molar-refractivity contribution in [3.63, 3.8) is 0 Å². The fraction of sp³-hybridized carbons (Fsp3) is 0.375. The molecule has 1 aliphatic carbocycles. The van der Waals surface area contributed by atoms with Gasteiger partial charge in [-0.3, -0.25) is 9.59 Å². The zero-order valence-electron chi connectivity index (χ0n) is 12.9. The van der Waals surface area contributed by atoms with Crippen LogP contribution in [-0.4, -0.2) is 34.4 Å². The van der Waals surface area contributed by atoms with Crippen molar-refractivity contribution in [2.45, 2.75) is 31.7 Å². The van der Waals surface area contributed by atoms with Crippen LogP contribution < -0.4 is 10.1 Å². The lowest BCUT2D eigenvalue weighted by molar-refractivity contribution is -0.274. The number of alkyl halides is 3. The second kappa shape index (κ2) is 6.30. The molecule has 1 amide bonds. The maximum Gasteiger partial charge on any atom is 0.573 e. The average Bonchev–Trinajstić information content (AvgIpc) is 3.11. The molecule has 134 valence electrons. The van der Waals surface area contributed by atoms with Crippen molar-refractivity contribution in [1.29, 1.82) is 0 Å². The third-order valence-electron chi connectivity index (χ3n) is 4.22. The number of H-pyrrole nitrogens is 1. The first kappa shape index (κ1) is 17.1. The number of ether oxygens (including phenoxy) is 1. The molecular formula is C16H15F3N2O4. The van der Waals surface area contributed by atoms with Gasteiger partial charge in [0.05, 0.1) is 5.92 Å². The summed E-state index contributed by atoms with van der Waals surface area (Å²) >= 11 is 0. The van der Waals surface area contributed by atoms with Crippen LogP contribution in [0.5, 0.6) is 5.75 Å². The lowest BCUT2D eigenvalue weighted by Crippen LogP contribution is -2.40. The Hall–Kier alpha value is -2.71. The molecule has 3 N–H and O–H groups in total. The summed E-state index contributed by atoms with van der Waals surface area (Å²) in [5, 5.41) is 12.4. The van der Waals surface area contributed by atoms with E-state index in [0.29, 0.717) is 30.2 Å². The molecule has 0 bridgehead atoms. The van der Waals surface area contributed by atoms with Crippen LogP contribution in [0, 0.1) is 5.92 Å². The van der Waals surface area contributed by atoms with E-state index >= 15 is 0 Å². The van der Waals surface area contributed by atoms with Gasteiger partial charge in [-0.1, -0.05) is 6.42 Å². The minimum Gasteiger partial charge on any atom is -0.481 e. The van der Waals surface area contributed by atoms with E-state index in [2.05, 4.69) is 15.0 Å². The van der Waals surface area contributed by atoms with Gasteiger partial charge >= 0.3 is 12.3 Å². The zero-order valence-corrected chi connectivity index (χ0v) is 12.9. The number of amides is 1. The van der Waals surface area contributed by atoms with E-state index in [9.17, 15) is 22.8 Å². The van der Waals surface area contributed by atoms with Gasteiger partial charge in [0.1, 0.15) is 11.4 Å². The van der Waals surface area contributed by atoms with Crippen molar-refractivity contribution in [3.8, 4) is 5.75 Å². The molecule has 0 unspecified atom stereocenters. The van der Waals surface area contributed by atoms with Crippen LogP contribution in [0.4, 0.5) is 13.2 Å². The molecule has 1 aromatic heterocycles. The first-order chi connectivity index (χ1) is 11.7. The maximum atomic E-state index is 12.3. The lowest BCUT2D eigenvalue weighted by Gasteiger charge is -2.16. The minimum absolute atomic E-state index is 0.148. The summed E-state index contributed by atoms with van der Waals surface area (Å²) in [6, 6.07) is 4.74. The number of hydrogen-bond donors (Lipinski definition) is 3. The molecule has 25 heavy (non-hydrogen) atoms. The van der Waals surface area contributed by atoms with Crippen LogP contribution >= 0.6 is 0 Å². The minimum atomic E-state index is -4.80. The predicted octanol–water partition coefficient (Wildman–Crippen LogP) is 3.05. The number of nitrogens with one attached hydrogen (secondary N) is 2. The van der Waals surface area contributed by atoms with Crippen LogP contribution in [0.1, 0.15) is 29.8 Å². The largest absolute Gasteiger partial charge is 0.573 e. The predicted molar refractivity (Wildman–Crippen MR) is 81.2 cm³/mol. The Morgan fingerprint density at radius 3 is 2.68 bits per heavy atom. The Labute approximate surface area is 140 Å². The van der Waals surface area contributed by atoms with Crippen LogP contribution in [0.3, 0.4) is 0 Å². The van der Waals surface area contributed by atoms with Gasteiger partial charge in [-0.2, -0.15) is 0 Å². The van der Waals surface area contributed by atoms with Crippen molar-refractivity contribution in [2.75, 3.05) is 0 Å². The Bertz CT molecular complexity index is 815. The molecule has 0 aliphatic heterocycles. The van der Waals surface area contributed by atoms with E-state index in [1.54, 1.807) is 0 Å². The Morgan fingerprint density at radius 2 is 2.00 bits per heavy atom. The number of carbonyl (C=O) groups excluding carboxylic acids is 1. The van der Waals surface area contributed by atoms with E-state index in [4.69, 9.17) is 5.11 Å². The number of fused-ring (bicyclic) bond motifs is 1. The summed E-state index contributed by atoms with van der Waals surface area (Å²) in [6.07, 6.45) is -3.00. The van der Waals surface area contributed by atoms with Gasteiger partial charge in [0.25, 0.3) is 5.91 Å². The van der Waals surface area contributed by atoms with E-state index in [0.717, 1.165) is 12.1 Å². The third-order valence-corrected chi connectivity index (χ3v) is 4.22. The van der Waals surface area contributed by atoms with Gasteiger partial charge in [-0.15, -0.1) is 13.2 Å². The number of carboxylic acids is 1. The van der Waals surface area contributed by atoms with E-state index in [-0.39, 0.29) is 5.69 Å². The SMILES string of the molecule is O=C(N[C@H]1CCC[C@H]1C(=O)O)c1cc2ccc(OC(F)(F)F)cc2[nH]1. The van der Waals surface area contributed by atoms with Gasteiger partial charge < -0.3 is 20.1 Å². The van der Waals surface area contributed by atoms with Gasteiger partial charge in [-0.25, -0.2) is 0 Å². The third kappa shape index (κ3) is 3.86. The van der Waals surface area contributed by atoms with Crippen LogP contribution in [0.2, 0.25) is 0 Å². The van der Waals surface area contributed by atoms with Gasteiger partial charge in [-0.05, 0) is 31.0 Å². The first-order valence-corrected chi connectivity index (χ1v) is 7.65. The summed E-state index contributed by atoms with van der Waals surface area (Å²) in [5.74, 6) is -2.46. The summed E-state index contributed by atoms with van der Waals surface area (Å²) in [5.41, 5.74) is 0.461. The lowest BCUT2D eigenvalue weighted by atomic mass is 10.0. The number of rotatable bonds is 4. The van der Waals surface area contributed by atoms with Gasteiger partial charge in [0, 0.05) is 23.0 Å². The smallest absolute Gasteiger partial charge is 0.481 e. The van der Waals surface area contributed by atoms with Crippen molar-refractivity contribution in [2.24, 2.45) is 5.92 Å². The molecule has 2 aromatic rings. The summed E-state index contributed by atoms with van der Waals surface area (Å²) in [4.78, 5) is 26.2. The number of carboxylic acid groups (broad SMARTS) is 1. The van der Waals surface area contributed by atoms with Crippen molar-refractivity contribution < 1.29 is 32.6 Å². The molecule has 0 spiro atoms. The number of aromatic nitrogens is 1. The van der Waals surface area contributed by atoms with Crippen LogP contribution in [-0.2, 0) is 4.79 Å². The molecule has 1 fully saturated rings. The molecule has 1 heterocycles. The summed E-state index contributed by atoms with van der Waals surface area (Å²) in [7, 11) is 0. The molecule has 2 atom stereocenters. The molecule has 1 aliphatic rings. The monoisotopic (exact) mass is 356 g/mol. The van der Waals surface area contributed by atoms with E-state index < -0.39 is 35.9 Å². The second-order valence-electron chi connectivity index (χ2n) is 5.94. The summed E-state index contributed by atoms with van der Waals surface area (Å²) < 4.78 is 40.6. The normalized spacial score (nSPS) is 20.6. The number of halogens is 3. The number of aliphatic carboxylic acids is 1. The summed E-state index contributed by atoms with van der Waals surface area (Å²) in [6.45, 7) is 0. The fourth-order valence-electron chi connectivity index (χ4n) is 3.10. The Balaban J connectivity index is 1.77. The maximum absolute atomic E-state index is 12.3. The molecule has 1 saturated carbocycles. The van der Waals surface area contributed by atoms with Crippen LogP contribution in [0.25, 0.3) is 10.9 Å². The Kier molecular flexibility index (Phi) is 4.32. The van der Waals surface area contributed by atoms with E-state index in [1.165, 1.54) is 12.1 Å². The van der Waals surface area contributed by atoms with Gasteiger partial charge in [0.15, 0.2) is 0 Å². The van der Waals surface area contributed by atoms with Gasteiger partial charge in [0.2, 0.25) is 0 Å². The van der Waals surface area contributed by atoms with Crippen molar-refractivity contribution >= 4 is 22.8 Å². The molecule has 3 rings (SSSR count). The zero-order chi connectivity index (χ0) is 18.2.